The van der Waals surface area contributed by atoms with E-state index < -0.39 is 71.6 Å². The molecule has 1 heterocycles. The van der Waals surface area contributed by atoms with Gasteiger partial charge in [0.15, 0.2) is 17.7 Å². The number of nitrogens with zero attached hydrogens (tertiary/aromatic N) is 5. The van der Waals surface area contributed by atoms with Crippen LogP contribution in [-0.4, -0.2) is 124 Å². The minimum absolute atomic E-state index is 0. The summed E-state index contributed by atoms with van der Waals surface area (Å²) >= 11 is 0. The zero-order valence-electron chi connectivity index (χ0n) is 45.5. The number of carbonyl (C=O) groups is 7. The second-order valence-corrected chi connectivity index (χ2v) is 21.2. The molecule has 404 valence electrons. The summed E-state index contributed by atoms with van der Waals surface area (Å²) in [5.74, 6) is -5.37. The average molecular weight is 1040 g/mol. The van der Waals surface area contributed by atoms with Gasteiger partial charge in [-0.15, -0.1) is 12.4 Å². The van der Waals surface area contributed by atoms with Crippen LogP contribution in [0.1, 0.15) is 125 Å². The lowest BCUT2D eigenvalue weighted by Gasteiger charge is -2.34. The zero-order chi connectivity index (χ0) is 54.1. The molecule has 3 aromatic rings. The van der Waals surface area contributed by atoms with Crippen LogP contribution in [0.25, 0.3) is 10.9 Å². The number of amides is 3. The summed E-state index contributed by atoms with van der Waals surface area (Å²) in [5.41, 5.74) is 9.04. The Hall–Kier alpha value is -5.79. The first-order valence-electron chi connectivity index (χ1n) is 25.4. The monoisotopic (exact) mass is 1030 g/mol. The topological polar surface area (TPSA) is 223 Å². The third-order valence-corrected chi connectivity index (χ3v) is 13.3. The number of nitriles is 1. The molecule has 17 heteroatoms. The molecule has 0 saturated carbocycles. The van der Waals surface area contributed by atoms with E-state index in [0.29, 0.717) is 25.8 Å². The number of hydrogen-bond donors (Lipinski definition) is 2. The first-order chi connectivity index (χ1) is 33.8. The first-order valence-corrected chi connectivity index (χ1v) is 25.4. The molecule has 0 aliphatic carbocycles. The number of aromatic nitrogens is 1. The normalized spacial score (nSPS) is 14.3. The van der Waals surface area contributed by atoms with Gasteiger partial charge in [-0.05, 0) is 85.6 Å². The Morgan fingerprint density at radius 1 is 0.699 bits per heavy atom. The van der Waals surface area contributed by atoms with Crippen molar-refractivity contribution in [3.05, 3.63) is 65.9 Å². The van der Waals surface area contributed by atoms with Gasteiger partial charge < -0.3 is 39.6 Å². The van der Waals surface area contributed by atoms with Gasteiger partial charge in [-0.25, -0.2) is 9.59 Å². The van der Waals surface area contributed by atoms with Gasteiger partial charge in [-0.2, -0.15) is 5.26 Å². The summed E-state index contributed by atoms with van der Waals surface area (Å²) in [4.78, 5) is 102. The molecule has 0 radical (unpaired) electrons. The highest BCUT2D eigenvalue weighted by molar-refractivity contribution is 5.97. The summed E-state index contributed by atoms with van der Waals surface area (Å²) < 4.78 is 12.7. The number of carboxylic acid groups (broad SMARTS) is 1. The molecule has 0 aliphatic heterocycles. The maximum Gasteiger partial charge on any atom is 0.345 e. The number of esters is 1. The molecule has 0 bridgehead atoms. The number of nitrogens with two attached hydrogens (primary N) is 1. The number of benzene rings is 2. The highest BCUT2D eigenvalue weighted by Gasteiger charge is 2.39. The van der Waals surface area contributed by atoms with Crippen LogP contribution in [0.5, 0.6) is 5.75 Å². The maximum atomic E-state index is 15.2. The fraction of sp³-hybridized carbons (Fsp3) is 0.607. The summed E-state index contributed by atoms with van der Waals surface area (Å²) in [7, 11) is 6.17. The Morgan fingerprint density at radius 2 is 1.21 bits per heavy atom. The van der Waals surface area contributed by atoms with Gasteiger partial charge in [0.25, 0.3) is 0 Å². The molecule has 0 fully saturated rings. The standard InChI is InChI=1S/C56H82N6O10.ClH/c1-34(2)25-40(52(65)59(10)38(9)56(70)72-51(55(68)69)19-16-24-57)30-50(64)48(29-42-33-62(46-18-15-14-17-44(42)46)32-39-20-22-43(71-13)23-21-39)60(11)53(66)41(26-35(3)4)31-49(63)47(28-37(7)8)61(12)54(67)45(58)27-36(5)6;/h14-15,17-18,20-23,33-38,40-41,45,47-48,51H,16,19,25-32,58H2,1-13H3,(H,68,69);1H/t38-,40+,41+,45-,47-,48-,51+;/m0./s1. The van der Waals surface area contributed by atoms with Gasteiger partial charge >= 0.3 is 11.9 Å². The minimum atomic E-state index is -1.58. The largest absolute Gasteiger partial charge is 0.497 e. The lowest BCUT2D eigenvalue weighted by molar-refractivity contribution is -0.169. The van der Waals surface area contributed by atoms with Crippen LogP contribution < -0.4 is 10.5 Å². The number of likely N-dealkylation sites (N-methyl/N-ethyl adjacent to an activating group) is 3. The Balaban J connectivity index is 0.0000183. The predicted molar refractivity (Wildman–Crippen MR) is 285 cm³/mol. The number of Topliss-reactive ketones (excluding diaryl/α,β-unsaturated/α-hetero) is 2. The zero-order valence-corrected chi connectivity index (χ0v) is 46.3. The van der Waals surface area contributed by atoms with Crippen LogP contribution in [0.2, 0.25) is 0 Å². The number of fused-ring (bicyclic) bond motifs is 1. The van der Waals surface area contributed by atoms with Gasteiger partial charge in [0.05, 0.1) is 31.3 Å². The average Bonchev–Trinajstić information content (AvgIpc) is 3.67. The third-order valence-electron chi connectivity index (χ3n) is 13.3. The van der Waals surface area contributed by atoms with Crippen LogP contribution in [0.4, 0.5) is 0 Å². The van der Waals surface area contributed by atoms with E-state index in [1.165, 1.54) is 23.8 Å². The Bertz CT molecular complexity index is 2360. The third kappa shape index (κ3) is 18.6. The molecule has 73 heavy (non-hydrogen) atoms. The van der Waals surface area contributed by atoms with Gasteiger partial charge in [0, 0.05) is 88.7 Å². The molecule has 1 aromatic heterocycles. The minimum Gasteiger partial charge on any atom is -0.497 e. The number of rotatable bonds is 30. The van der Waals surface area contributed by atoms with Crippen LogP contribution >= 0.6 is 12.4 Å². The molecule has 2 aromatic carbocycles. The Kier molecular flexibility index (Phi) is 25.8. The number of carboxylic acids is 1. The molecular formula is C56H83ClN6O10. The highest BCUT2D eigenvalue weighted by Crippen LogP contribution is 2.30. The van der Waals surface area contributed by atoms with Crippen LogP contribution in [-0.2, 0) is 51.3 Å². The number of hydrogen-bond acceptors (Lipinski definition) is 11. The van der Waals surface area contributed by atoms with E-state index in [1.807, 2.05) is 116 Å². The summed E-state index contributed by atoms with van der Waals surface area (Å²) in [6.45, 7) is 17.5. The van der Waals surface area contributed by atoms with Crippen LogP contribution in [0.3, 0.4) is 0 Å². The summed E-state index contributed by atoms with van der Waals surface area (Å²) in [6.07, 6.45) is 0.986. The van der Waals surface area contributed by atoms with Crippen molar-refractivity contribution >= 4 is 64.5 Å². The molecule has 0 spiro atoms. The number of para-hydroxylation sites is 1. The second-order valence-electron chi connectivity index (χ2n) is 21.2. The number of aliphatic carboxylic acids is 1. The maximum absolute atomic E-state index is 15.2. The van der Waals surface area contributed by atoms with Crippen molar-refractivity contribution in [2.75, 3.05) is 28.3 Å². The molecule has 0 saturated heterocycles. The lowest BCUT2D eigenvalue weighted by atomic mass is 9.85. The van der Waals surface area contributed by atoms with Gasteiger partial charge in [0.1, 0.15) is 11.8 Å². The molecule has 0 aliphatic rings. The van der Waals surface area contributed by atoms with E-state index in [9.17, 15) is 29.1 Å². The number of carbonyl (C=O) groups excluding carboxylic acids is 6. The van der Waals surface area contributed by atoms with Crippen molar-refractivity contribution in [2.24, 2.45) is 41.2 Å². The molecule has 0 unspecified atom stereocenters. The van der Waals surface area contributed by atoms with Crippen molar-refractivity contribution in [3.8, 4) is 11.8 Å². The van der Waals surface area contributed by atoms with Gasteiger partial charge in [0.2, 0.25) is 17.7 Å². The second kappa shape index (κ2) is 29.8. The molecular weight excluding hydrogens is 952 g/mol. The first kappa shape index (κ1) is 63.3. The molecule has 3 N–H and O–H groups in total. The van der Waals surface area contributed by atoms with Crippen LogP contribution in [0, 0.1) is 46.8 Å². The molecule has 16 nitrogen and oxygen atoms in total. The number of ketones is 2. The quantitative estimate of drug-likeness (QED) is 0.0604. The number of halogens is 1. The predicted octanol–water partition coefficient (Wildman–Crippen LogP) is 8.13. The summed E-state index contributed by atoms with van der Waals surface area (Å²) in [6, 6.07) is 13.4. The molecule has 7 atom stereocenters. The fourth-order valence-electron chi connectivity index (χ4n) is 9.38. The van der Waals surface area contributed by atoms with E-state index in [4.69, 9.17) is 20.5 Å². The van der Waals surface area contributed by atoms with Gasteiger partial charge in [-0.3, -0.25) is 24.0 Å². The smallest absolute Gasteiger partial charge is 0.345 e. The van der Waals surface area contributed by atoms with Crippen molar-refractivity contribution in [3.63, 3.8) is 0 Å². The lowest BCUT2D eigenvalue weighted by Crippen LogP contribution is -2.51. The van der Waals surface area contributed by atoms with E-state index in [1.54, 1.807) is 21.2 Å². The summed E-state index contributed by atoms with van der Waals surface area (Å²) in [5, 5.41) is 19.5. The molecule has 3 amide bonds. The van der Waals surface area contributed by atoms with Crippen molar-refractivity contribution in [1.29, 1.82) is 5.26 Å². The number of ether oxygens (including phenoxy) is 2. The van der Waals surface area contributed by atoms with E-state index in [-0.39, 0.29) is 86.3 Å². The van der Waals surface area contributed by atoms with E-state index in [0.717, 1.165) is 32.7 Å². The van der Waals surface area contributed by atoms with Crippen LogP contribution in [0.15, 0.2) is 54.7 Å². The highest BCUT2D eigenvalue weighted by atomic mass is 35.5. The fourth-order valence-corrected chi connectivity index (χ4v) is 9.38. The van der Waals surface area contributed by atoms with Crippen molar-refractivity contribution in [2.45, 2.75) is 157 Å². The van der Waals surface area contributed by atoms with Crippen molar-refractivity contribution < 1.29 is 48.1 Å². The van der Waals surface area contributed by atoms with E-state index in [2.05, 4.69) is 4.57 Å². The number of methoxy groups -OCH3 is 1. The van der Waals surface area contributed by atoms with E-state index >= 15 is 9.59 Å². The SMILES string of the molecule is COc1ccc(Cn2cc(C[C@@H](C(=O)C[C@@H](CC(C)C)C(=O)N(C)[C@@H](C)C(=O)O[C@H](CCC#N)C(=O)O)N(C)C(=O)[C@@H](CC(=O)[C@H](CC(C)C)N(C)C(=O)[C@@H](N)CC(C)C)CC(C)C)c3ccccc32)cc1.Cl. The molecule has 3 rings (SSSR count). The Morgan fingerprint density at radius 3 is 1.71 bits per heavy atom. The Labute approximate surface area is 439 Å². The van der Waals surface area contributed by atoms with Gasteiger partial charge in [-0.1, -0.05) is 85.7 Å². The van der Waals surface area contributed by atoms with Crippen molar-refractivity contribution in [1.82, 2.24) is 19.3 Å².